The average Bonchev–Trinajstić information content (AvgIpc) is 3.18. The van der Waals surface area contributed by atoms with Crippen LogP contribution in [-0.4, -0.2) is 24.6 Å². The molecule has 0 fully saturated rings. The first-order valence-electron chi connectivity index (χ1n) is 11.2. The Bertz CT molecular complexity index is 1290. The van der Waals surface area contributed by atoms with Crippen LogP contribution in [0.25, 0.3) is 11.1 Å². The topological polar surface area (TPSA) is 71.0 Å². The summed E-state index contributed by atoms with van der Waals surface area (Å²) in [5, 5.41) is 8.10. The maximum Gasteiger partial charge on any atom is 0.273 e. The SMILES string of the molecule is CCC(F)(F)c1cccc(NC(=O)C2C(=O)N(c3ccc(OC)c(-c4ccccc4)c3)N=C2C)c1. The van der Waals surface area contributed by atoms with Crippen molar-refractivity contribution in [1.82, 2.24) is 0 Å². The number of anilines is 2. The van der Waals surface area contributed by atoms with Gasteiger partial charge in [-0.2, -0.15) is 10.1 Å². The molecule has 1 unspecified atom stereocenters. The summed E-state index contributed by atoms with van der Waals surface area (Å²) in [5.74, 6) is -4.71. The smallest absolute Gasteiger partial charge is 0.273 e. The van der Waals surface area contributed by atoms with E-state index >= 15 is 0 Å². The molecule has 1 N–H and O–H groups in total. The van der Waals surface area contributed by atoms with Crippen LogP contribution < -0.4 is 15.1 Å². The zero-order valence-corrected chi connectivity index (χ0v) is 19.6. The van der Waals surface area contributed by atoms with E-state index in [9.17, 15) is 18.4 Å². The number of hydrogen-bond donors (Lipinski definition) is 1. The van der Waals surface area contributed by atoms with Crippen LogP contribution in [0.5, 0.6) is 5.75 Å². The number of methoxy groups -OCH3 is 1. The lowest BCUT2D eigenvalue weighted by atomic mass is 10.0. The fourth-order valence-electron chi connectivity index (χ4n) is 3.97. The number of hydrogen-bond acceptors (Lipinski definition) is 4. The van der Waals surface area contributed by atoms with E-state index in [1.807, 2.05) is 30.3 Å². The second-order valence-electron chi connectivity index (χ2n) is 8.20. The van der Waals surface area contributed by atoms with Crippen molar-refractivity contribution in [3.8, 4) is 16.9 Å². The van der Waals surface area contributed by atoms with Crippen LogP contribution in [0.4, 0.5) is 20.2 Å². The Labute approximate surface area is 202 Å². The van der Waals surface area contributed by atoms with Crippen LogP contribution in [0.3, 0.4) is 0 Å². The summed E-state index contributed by atoms with van der Waals surface area (Å²) in [5.41, 5.74) is 2.45. The number of hydrazone groups is 1. The molecule has 3 aromatic carbocycles. The van der Waals surface area contributed by atoms with Crippen molar-refractivity contribution in [1.29, 1.82) is 0 Å². The Kier molecular flexibility index (Phi) is 6.64. The van der Waals surface area contributed by atoms with E-state index < -0.39 is 23.7 Å². The standard InChI is InChI=1S/C27H25F2N3O3/c1-4-27(28,29)19-11-8-12-20(15-19)30-25(33)24-17(2)31-32(26(24)34)21-13-14-23(35-3)22(16-21)18-9-6-5-7-10-18/h5-16,24H,4H2,1-3H3,(H,30,33). The van der Waals surface area contributed by atoms with E-state index in [1.165, 1.54) is 36.2 Å². The minimum absolute atomic E-state index is 0.190. The molecule has 8 heteroatoms. The lowest BCUT2D eigenvalue weighted by Crippen LogP contribution is -2.36. The highest BCUT2D eigenvalue weighted by Crippen LogP contribution is 2.36. The Hall–Kier alpha value is -4.07. The van der Waals surface area contributed by atoms with Gasteiger partial charge in [-0.3, -0.25) is 9.59 Å². The van der Waals surface area contributed by atoms with Crippen molar-refractivity contribution in [2.24, 2.45) is 11.0 Å². The van der Waals surface area contributed by atoms with Crippen LogP contribution in [0.2, 0.25) is 0 Å². The van der Waals surface area contributed by atoms with Gasteiger partial charge >= 0.3 is 0 Å². The summed E-state index contributed by atoms with van der Waals surface area (Å²) in [6.07, 6.45) is -0.362. The first kappa shape index (κ1) is 24.1. The second kappa shape index (κ2) is 9.66. The number of carbonyl (C=O) groups excluding carboxylic acids is 2. The zero-order chi connectivity index (χ0) is 25.2. The first-order chi connectivity index (χ1) is 16.7. The summed E-state index contributed by atoms with van der Waals surface area (Å²) in [4.78, 5) is 26.2. The fourth-order valence-corrected chi connectivity index (χ4v) is 3.97. The quantitative estimate of drug-likeness (QED) is 0.435. The number of carbonyl (C=O) groups is 2. The Morgan fingerprint density at radius 2 is 1.83 bits per heavy atom. The molecule has 2 amide bonds. The largest absolute Gasteiger partial charge is 0.496 e. The van der Waals surface area contributed by atoms with Crippen LogP contribution in [-0.2, 0) is 15.5 Å². The van der Waals surface area contributed by atoms with E-state index in [4.69, 9.17) is 4.74 Å². The van der Waals surface area contributed by atoms with Gasteiger partial charge in [0.15, 0.2) is 5.92 Å². The van der Waals surface area contributed by atoms with Gasteiger partial charge in [-0.05, 0) is 42.8 Å². The molecule has 0 spiro atoms. The highest BCUT2D eigenvalue weighted by atomic mass is 19.3. The van der Waals surface area contributed by atoms with Crippen molar-refractivity contribution >= 4 is 28.9 Å². The summed E-state index contributed by atoms with van der Waals surface area (Å²) in [7, 11) is 1.57. The molecule has 180 valence electrons. The van der Waals surface area contributed by atoms with Gasteiger partial charge in [0.05, 0.1) is 18.5 Å². The van der Waals surface area contributed by atoms with Gasteiger partial charge in [-0.1, -0.05) is 49.4 Å². The van der Waals surface area contributed by atoms with Crippen LogP contribution in [0.1, 0.15) is 25.8 Å². The highest BCUT2D eigenvalue weighted by Gasteiger charge is 2.40. The number of halogens is 2. The number of benzene rings is 3. The fraction of sp³-hybridized carbons (Fsp3) is 0.222. The third-order valence-corrected chi connectivity index (χ3v) is 5.90. The molecule has 1 heterocycles. The minimum atomic E-state index is -3.01. The molecule has 6 nitrogen and oxygen atoms in total. The van der Waals surface area contributed by atoms with Gasteiger partial charge in [0.2, 0.25) is 5.91 Å². The van der Waals surface area contributed by atoms with Crippen molar-refractivity contribution in [2.45, 2.75) is 26.2 Å². The summed E-state index contributed by atoms with van der Waals surface area (Å²) >= 11 is 0. The predicted molar refractivity (Wildman–Crippen MR) is 132 cm³/mol. The molecule has 0 saturated carbocycles. The maximum absolute atomic E-state index is 14.1. The lowest BCUT2D eigenvalue weighted by molar-refractivity contribution is -0.127. The van der Waals surface area contributed by atoms with E-state index in [-0.39, 0.29) is 17.7 Å². The van der Waals surface area contributed by atoms with Crippen LogP contribution >= 0.6 is 0 Å². The Morgan fingerprint density at radius 3 is 2.51 bits per heavy atom. The molecular formula is C27H25F2N3O3. The number of alkyl halides is 2. The number of ether oxygens (including phenoxy) is 1. The van der Waals surface area contributed by atoms with Gasteiger partial charge in [0.1, 0.15) is 5.75 Å². The average molecular weight is 478 g/mol. The van der Waals surface area contributed by atoms with Gasteiger partial charge < -0.3 is 10.1 Å². The summed E-state index contributed by atoms with van der Waals surface area (Å²) in [6, 6.07) is 20.2. The van der Waals surface area contributed by atoms with E-state index in [0.29, 0.717) is 17.1 Å². The van der Waals surface area contributed by atoms with Gasteiger partial charge in [-0.25, -0.2) is 8.78 Å². The first-order valence-corrected chi connectivity index (χ1v) is 11.2. The Morgan fingerprint density at radius 1 is 1.09 bits per heavy atom. The van der Waals surface area contributed by atoms with Crippen molar-refractivity contribution in [3.63, 3.8) is 0 Å². The van der Waals surface area contributed by atoms with Crippen molar-refractivity contribution in [3.05, 3.63) is 78.4 Å². The molecule has 4 rings (SSSR count). The highest BCUT2D eigenvalue weighted by molar-refractivity contribution is 6.28. The molecule has 0 saturated heterocycles. The van der Waals surface area contributed by atoms with Crippen molar-refractivity contribution in [2.75, 3.05) is 17.4 Å². The molecule has 35 heavy (non-hydrogen) atoms. The molecule has 3 aromatic rings. The van der Waals surface area contributed by atoms with Gasteiger partial charge in [0, 0.05) is 23.2 Å². The number of nitrogens with one attached hydrogen (secondary N) is 1. The normalized spacial score (nSPS) is 15.7. The number of nitrogens with zero attached hydrogens (tertiary/aromatic N) is 2. The molecule has 1 aliphatic heterocycles. The van der Waals surface area contributed by atoms with Crippen LogP contribution in [0.15, 0.2) is 77.9 Å². The van der Waals surface area contributed by atoms with E-state index in [2.05, 4.69) is 10.4 Å². The van der Waals surface area contributed by atoms with Gasteiger partial charge in [-0.15, -0.1) is 0 Å². The molecular weight excluding hydrogens is 452 g/mol. The summed E-state index contributed by atoms with van der Waals surface area (Å²) < 4.78 is 33.6. The zero-order valence-electron chi connectivity index (χ0n) is 19.6. The third-order valence-electron chi connectivity index (χ3n) is 5.90. The predicted octanol–water partition coefficient (Wildman–Crippen LogP) is 5.84. The van der Waals surface area contributed by atoms with E-state index in [0.717, 1.165) is 11.1 Å². The monoisotopic (exact) mass is 477 g/mol. The molecule has 0 aliphatic carbocycles. The van der Waals surface area contributed by atoms with E-state index in [1.54, 1.807) is 32.2 Å². The molecule has 1 aliphatic rings. The lowest BCUT2D eigenvalue weighted by Gasteiger charge is -2.18. The maximum atomic E-state index is 14.1. The molecule has 0 bridgehead atoms. The summed E-state index contributed by atoms with van der Waals surface area (Å²) in [6.45, 7) is 2.98. The molecule has 0 radical (unpaired) electrons. The molecule has 1 atom stereocenters. The third kappa shape index (κ3) is 4.77. The van der Waals surface area contributed by atoms with Gasteiger partial charge in [0.25, 0.3) is 11.8 Å². The number of rotatable bonds is 7. The van der Waals surface area contributed by atoms with Crippen molar-refractivity contribution < 1.29 is 23.1 Å². The molecule has 0 aromatic heterocycles. The number of amides is 2. The second-order valence-corrected chi connectivity index (χ2v) is 8.20. The van der Waals surface area contributed by atoms with Crippen LogP contribution in [0, 0.1) is 5.92 Å². The minimum Gasteiger partial charge on any atom is -0.496 e. The Balaban J connectivity index is 1.58.